The molecule has 0 aliphatic heterocycles. The predicted molar refractivity (Wildman–Crippen MR) is 146 cm³/mol. The number of nitrogens with zero attached hydrogens (tertiary/aromatic N) is 2. The van der Waals surface area contributed by atoms with Crippen molar-refractivity contribution in [1.82, 2.24) is 9.99 Å². The molecular formula is C29H26ClN3O5. The summed E-state index contributed by atoms with van der Waals surface area (Å²) in [5.41, 5.74) is 7.27. The zero-order chi connectivity index (χ0) is 27.2. The number of carbonyl (C=O) groups is 2. The number of hydrogen-bond acceptors (Lipinski definition) is 5. The maximum atomic E-state index is 12.9. The number of aromatic carboxylic acids is 1. The highest BCUT2D eigenvalue weighted by Gasteiger charge is 2.14. The van der Waals surface area contributed by atoms with E-state index in [1.807, 2.05) is 36.6 Å². The van der Waals surface area contributed by atoms with Crippen LogP contribution in [0.1, 0.15) is 43.2 Å². The van der Waals surface area contributed by atoms with E-state index in [1.54, 1.807) is 42.5 Å². The van der Waals surface area contributed by atoms with Crippen LogP contribution in [0.5, 0.6) is 11.5 Å². The Labute approximate surface area is 225 Å². The van der Waals surface area contributed by atoms with Crippen molar-refractivity contribution in [2.24, 2.45) is 5.10 Å². The van der Waals surface area contributed by atoms with Gasteiger partial charge in [0.1, 0.15) is 6.61 Å². The summed E-state index contributed by atoms with van der Waals surface area (Å²) in [7, 11) is 1.52. The predicted octanol–water partition coefficient (Wildman–Crippen LogP) is 5.80. The Balaban J connectivity index is 1.51. The van der Waals surface area contributed by atoms with Gasteiger partial charge >= 0.3 is 5.97 Å². The zero-order valence-electron chi connectivity index (χ0n) is 21.1. The second kappa shape index (κ2) is 11.7. The van der Waals surface area contributed by atoms with Gasteiger partial charge in [0.2, 0.25) is 0 Å². The first kappa shape index (κ1) is 26.5. The molecule has 2 N–H and O–H groups in total. The monoisotopic (exact) mass is 531 g/mol. The van der Waals surface area contributed by atoms with Crippen LogP contribution in [0.25, 0.3) is 5.69 Å². The summed E-state index contributed by atoms with van der Waals surface area (Å²) < 4.78 is 13.5. The number of rotatable bonds is 9. The van der Waals surface area contributed by atoms with Gasteiger partial charge in [-0.15, -0.1) is 0 Å². The van der Waals surface area contributed by atoms with Crippen LogP contribution in [0.15, 0.2) is 77.9 Å². The highest BCUT2D eigenvalue weighted by molar-refractivity contribution is 6.33. The fourth-order valence-electron chi connectivity index (χ4n) is 3.97. The molecule has 4 aromatic rings. The molecule has 1 heterocycles. The van der Waals surface area contributed by atoms with Crippen molar-refractivity contribution in [3.63, 3.8) is 0 Å². The summed E-state index contributed by atoms with van der Waals surface area (Å²) in [6.07, 6.45) is 1.46. The van der Waals surface area contributed by atoms with Crippen LogP contribution in [-0.2, 0) is 6.61 Å². The number of carboxylic acids is 1. The number of amides is 1. The van der Waals surface area contributed by atoms with E-state index in [0.717, 1.165) is 22.6 Å². The van der Waals surface area contributed by atoms with Crippen molar-refractivity contribution < 1.29 is 24.2 Å². The molecule has 0 saturated carbocycles. The van der Waals surface area contributed by atoms with Gasteiger partial charge in [-0.3, -0.25) is 4.79 Å². The Bertz CT molecular complexity index is 1490. The topological polar surface area (TPSA) is 102 Å². The molecule has 4 rings (SSSR count). The molecule has 38 heavy (non-hydrogen) atoms. The Hall–Kier alpha value is -4.56. The van der Waals surface area contributed by atoms with E-state index >= 15 is 0 Å². The highest BCUT2D eigenvalue weighted by Crippen LogP contribution is 2.31. The molecule has 9 heteroatoms. The number of methoxy groups -OCH3 is 1. The molecule has 0 bridgehead atoms. The number of hydrogen-bond donors (Lipinski definition) is 2. The minimum absolute atomic E-state index is 0.175. The van der Waals surface area contributed by atoms with Crippen LogP contribution in [0.2, 0.25) is 5.02 Å². The normalized spacial score (nSPS) is 10.9. The smallest absolute Gasteiger partial charge is 0.335 e. The standard InChI is InChI=1S/C29H26ClN3O5/c1-18-7-8-19(2)33(18)23-13-14-25(30)24(15-23)28(34)32-31-16-22-5-4-6-26(37-3)27(22)38-17-20-9-11-21(12-10-20)29(35)36/h4-16H,17H2,1-3H3,(H,32,34)(H,35,36). The van der Waals surface area contributed by atoms with Crippen LogP contribution >= 0.6 is 11.6 Å². The third-order valence-electron chi connectivity index (χ3n) is 5.91. The number of aryl methyl sites for hydroxylation is 2. The lowest BCUT2D eigenvalue weighted by Gasteiger charge is -2.13. The lowest BCUT2D eigenvalue weighted by molar-refractivity contribution is 0.0696. The Morgan fingerprint density at radius 1 is 1.03 bits per heavy atom. The third kappa shape index (κ3) is 5.87. The molecule has 3 aromatic carbocycles. The zero-order valence-corrected chi connectivity index (χ0v) is 21.8. The number of halogens is 1. The van der Waals surface area contributed by atoms with Gasteiger partial charge in [-0.1, -0.05) is 29.8 Å². The summed E-state index contributed by atoms with van der Waals surface area (Å²) in [6, 6.07) is 21.0. The largest absolute Gasteiger partial charge is 0.493 e. The van der Waals surface area contributed by atoms with E-state index in [-0.39, 0.29) is 12.2 Å². The van der Waals surface area contributed by atoms with Crippen LogP contribution in [0, 0.1) is 13.8 Å². The minimum Gasteiger partial charge on any atom is -0.493 e. The van der Waals surface area contributed by atoms with Gasteiger partial charge in [0.25, 0.3) is 5.91 Å². The Morgan fingerprint density at radius 2 is 1.74 bits per heavy atom. The summed E-state index contributed by atoms with van der Waals surface area (Å²) in [5, 5.41) is 13.5. The Kier molecular flexibility index (Phi) is 8.13. The van der Waals surface area contributed by atoms with Crippen molar-refractivity contribution in [2.45, 2.75) is 20.5 Å². The lowest BCUT2D eigenvalue weighted by atomic mass is 10.1. The molecule has 1 aromatic heterocycles. The van der Waals surface area contributed by atoms with Crippen LogP contribution in [0.4, 0.5) is 0 Å². The number of nitrogens with one attached hydrogen (secondary N) is 1. The first-order valence-corrected chi connectivity index (χ1v) is 12.1. The van der Waals surface area contributed by atoms with Crippen molar-refractivity contribution in [3.8, 4) is 17.2 Å². The molecule has 0 aliphatic rings. The van der Waals surface area contributed by atoms with Crippen LogP contribution in [0.3, 0.4) is 0 Å². The molecule has 1 amide bonds. The van der Waals surface area contributed by atoms with E-state index in [2.05, 4.69) is 10.5 Å². The summed E-state index contributed by atoms with van der Waals surface area (Å²) in [4.78, 5) is 24.0. The highest BCUT2D eigenvalue weighted by atomic mass is 35.5. The molecule has 0 spiro atoms. The molecule has 0 aliphatic carbocycles. The van der Waals surface area contributed by atoms with E-state index in [4.69, 9.17) is 26.2 Å². The van der Waals surface area contributed by atoms with Crippen molar-refractivity contribution >= 4 is 29.7 Å². The van der Waals surface area contributed by atoms with Gasteiger partial charge in [0.15, 0.2) is 11.5 Å². The maximum Gasteiger partial charge on any atom is 0.335 e. The number of ether oxygens (including phenoxy) is 2. The first-order chi connectivity index (χ1) is 18.3. The van der Waals surface area contributed by atoms with Gasteiger partial charge in [0.05, 0.1) is 29.5 Å². The molecule has 0 radical (unpaired) electrons. The van der Waals surface area contributed by atoms with Gasteiger partial charge in [-0.25, -0.2) is 10.2 Å². The average molecular weight is 532 g/mol. The average Bonchev–Trinajstić information content (AvgIpc) is 3.25. The second-order valence-corrected chi connectivity index (χ2v) is 8.89. The first-order valence-electron chi connectivity index (χ1n) is 11.7. The summed E-state index contributed by atoms with van der Waals surface area (Å²) >= 11 is 6.33. The molecule has 194 valence electrons. The summed E-state index contributed by atoms with van der Waals surface area (Å²) in [6.45, 7) is 4.16. The van der Waals surface area contributed by atoms with Crippen molar-refractivity contribution in [1.29, 1.82) is 0 Å². The number of aromatic nitrogens is 1. The Morgan fingerprint density at radius 3 is 2.39 bits per heavy atom. The quantitative estimate of drug-likeness (QED) is 0.210. The molecular weight excluding hydrogens is 506 g/mol. The second-order valence-electron chi connectivity index (χ2n) is 8.48. The lowest BCUT2D eigenvalue weighted by Crippen LogP contribution is -2.18. The third-order valence-corrected chi connectivity index (χ3v) is 6.24. The van der Waals surface area contributed by atoms with E-state index in [1.165, 1.54) is 25.5 Å². The number of hydrazone groups is 1. The fourth-order valence-corrected chi connectivity index (χ4v) is 4.17. The van der Waals surface area contributed by atoms with Gasteiger partial charge in [-0.05, 0) is 74.0 Å². The van der Waals surface area contributed by atoms with E-state index < -0.39 is 11.9 Å². The van der Waals surface area contributed by atoms with Crippen LogP contribution in [-0.4, -0.2) is 34.9 Å². The molecule has 0 saturated heterocycles. The molecule has 8 nitrogen and oxygen atoms in total. The van der Waals surface area contributed by atoms with Gasteiger partial charge in [-0.2, -0.15) is 5.10 Å². The SMILES string of the molecule is COc1cccc(C=NNC(=O)c2cc(-n3c(C)ccc3C)ccc2Cl)c1OCc1ccc(C(=O)O)cc1. The number of carbonyl (C=O) groups excluding carboxylic acids is 1. The van der Waals surface area contributed by atoms with Crippen molar-refractivity contribution in [3.05, 3.63) is 111 Å². The number of benzene rings is 3. The molecule has 0 fully saturated rings. The maximum absolute atomic E-state index is 12.9. The fraction of sp³-hybridized carbons (Fsp3) is 0.138. The number of para-hydroxylation sites is 1. The molecule has 0 unspecified atom stereocenters. The number of carboxylic acid groups (broad SMARTS) is 1. The molecule has 0 atom stereocenters. The van der Waals surface area contributed by atoms with E-state index in [0.29, 0.717) is 27.6 Å². The minimum atomic E-state index is -0.995. The van der Waals surface area contributed by atoms with Crippen LogP contribution < -0.4 is 14.9 Å². The summed E-state index contributed by atoms with van der Waals surface area (Å²) in [5.74, 6) is -0.547. The van der Waals surface area contributed by atoms with Crippen molar-refractivity contribution in [2.75, 3.05) is 7.11 Å². The van der Waals surface area contributed by atoms with E-state index in [9.17, 15) is 9.59 Å². The van der Waals surface area contributed by atoms with Gasteiger partial charge in [0, 0.05) is 22.6 Å². The van der Waals surface area contributed by atoms with Gasteiger partial charge < -0.3 is 19.1 Å².